The van der Waals surface area contributed by atoms with Crippen LogP contribution in [0.5, 0.6) is 0 Å². The molecule has 0 bridgehead atoms. The zero-order valence-corrected chi connectivity index (χ0v) is 21.9. The van der Waals surface area contributed by atoms with Crippen LogP contribution < -0.4 is 14.9 Å². The standard InChI is InChI=1S/C27H28ClN3O5S/c1-19-12-14-21(15-13-19)37(34,35)31(25-11-5-3-9-23(25)28)18-26(32)30-24-10-4-2-8-22(24)27(33)29-17-20-7-6-16-36-20/h2-5,8-15,20H,6-7,16-18H2,1H3,(H,29,33)(H,30,32)/t20-/m1/s1. The van der Waals surface area contributed by atoms with Crippen LogP contribution in [-0.2, 0) is 19.6 Å². The molecule has 2 N–H and O–H groups in total. The Morgan fingerprint density at radius 2 is 1.73 bits per heavy atom. The van der Waals surface area contributed by atoms with Crippen molar-refractivity contribution in [2.24, 2.45) is 0 Å². The lowest BCUT2D eigenvalue weighted by atomic mass is 10.1. The summed E-state index contributed by atoms with van der Waals surface area (Å²) < 4.78 is 33.7. The molecule has 10 heteroatoms. The van der Waals surface area contributed by atoms with Crippen molar-refractivity contribution in [2.45, 2.75) is 30.8 Å². The molecule has 37 heavy (non-hydrogen) atoms. The summed E-state index contributed by atoms with van der Waals surface area (Å²) in [5.74, 6) is -0.989. The third kappa shape index (κ3) is 6.49. The molecule has 3 aromatic rings. The highest BCUT2D eigenvalue weighted by Gasteiger charge is 2.29. The average molecular weight is 542 g/mol. The Kier molecular flexibility index (Phi) is 8.48. The van der Waals surface area contributed by atoms with Crippen molar-refractivity contribution in [3.8, 4) is 0 Å². The fourth-order valence-corrected chi connectivity index (χ4v) is 5.74. The molecule has 8 nitrogen and oxygen atoms in total. The molecule has 1 fully saturated rings. The average Bonchev–Trinajstić information content (AvgIpc) is 3.41. The number of carbonyl (C=O) groups excluding carboxylic acids is 2. The summed E-state index contributed by atoms with van der Waals surface area (Å²) in [6, 6.07) is 19.3. The van der Waals surface area contributed by atoms with E-state index in [4.69, 9.17) is 16.3 Å². The number of benzene rings is 3. The number of hydrogen-bond acceptors (Lipinski definition) is 5. The maximum Gasteiger partial charge on any atom is 0.264 e. The highest BCUT2D eigenvalue weighted by Crippen LogP contribution is 2.30. The number of nitrogens with zero attached hydrogens (tertiary/aromatic N) is 1. The highest BCUT2D eigenvalue weighted by molar-refractivity contribution is 7.92. The van der Waals surface area contributed by atoms with Crippen molar-refractivity contribution in [3.05, 3.63) is 88.9 Å². The van der Waals surface area contributed by atoms with Crippen LogP contribution in [0.3, 0.4) is 0 Å². The Bertz CT molecular complexity index is 1370. The van der Waals surface area contributed by atoms with Crippen LogP contribution in [-0.4, -0.2) is 46.0 Å². The first-order chi connectivity index (χ1) is 17.8. The summed E-state index contributed by atoms with van der Waals surface area (Å²) in [5, 5.41) is 5.71. The molecule has 1 heterocycles. The van der Waals surface area contributed by atoms with Gasteiger partial charge in [0.2, 0.25) is 5.91 Å². The molecule has 2 amide bonds. The van der Waals surface area contributed by atoms with E-state index in [1.165, 1.54) is 18.2 Å². The third-order valence-electron chi connectivity index (χ3n) is 5.98. The fraction of sp³-hybridized carbons (Fsp3) is 0.259. The van der Waals surface area contributed by atoms with E-state index >= 15 is 0 Å². The van der Waals surface area contributed by atoms with Gasteiger partial charge in [-0.15, -0.1) is 0 Å². The number of para-hydroxylation sites is 2. The van der Waals surface area contributed by atoms with E-state index < -0.39 is 22.5 Å². The molecule has 1 atom stereocenters. The van der Waals surface area contributed by atoms with Gasteiger partial charge in [0.15, 0.2) is 0 Å². The zero-order chi connectivity index (χ0) is 26.4. The molecule has 1 saturated heterocycles. The van der Waals surface area contributed by atoms with Crippen LogP contribution in [0.15, 0.2) is 77.7 Å². The van der Waals surface area contributed by atoms with Crippen LogP contribution in [0.1, 0.15) is 28.8 Å². The lowest BCUT2D eigenvalue weighted by Gasteiger charge is -2.25. The van der Waals surface area contributed by atoms with Crippen molar-refractivity contribution in [1.29, 1.82) is 0 Å². The monoisotopic (exact) mass is 541 g/mol. The minimum Gasteiger partial charge on any atom is -0.376 e. The summed E-state index contributed by atoms with van der Waals surface area (Å²) in [5.41, 5.74) is 1.60. The maximum absolute atomic E-state index is 13.6. The number of halogens is 1. The largest absolute Gasteiger partial charge is 0.376 e. The van der Waals surface area contributed by atoms with Gasteiger partial charge >= 0.3 is 0 Å². The topological polar surface area (TPSA) is 105 Å². The van der Waals surface area contributed by atoms with Gasteiger partial charge in [-0.2, -0.15) is 0 Å². The van der Waals surface area contributed by atoms with Crippen LogP contribution in [0.2, 0.25) is 5.02 Å². The first-order valence-corrected chi connectivity index (χ1v) is 13.7. The summed E-state index contributed by atoms with van der Waals surface area (Å²) in [6.07, 6.45) is 1.81. The SMILES string of the molecule is Cc1ccc(S(=O)(=O)N(CC(=O)Nc2ccccc2C(=O)NC[C@H]2CCCO2)c2ccccc2Cl)cc1. The van der Waals surface area contributed by atoms with Crippen molar-refractivity contribution >= 4 is 44.8 Å². The number of hydrogen-bond donors (Lipinski definition) is 2. The van der Waals surface area contributed by atoms with Crippen molar-refractivity contribution < 1.29 is 22.7 Å². The molecular formula is C27H28ClN3O5S. The van der Waals surface area contributed by atoms with Gasteiger partial charge in [0.1, 0.15) is 6.54 Å². The van der Waals surface area contributed by atoms with Gasteiger partial charge in [-0.1, -0.05) is 53.6 Å². The van der Waals surface area contributed by atoms with E-state index in [0.29, 0.717) is 13.2 Å². The Balaban J connectivity index is 1.56. The molecule has 194 valence electrons. The third-order valence-corrected chi connectivity index (χ3v) is 8.07. The van der Waals surface area contributed by atoms with Crippen molar-refractivity contribution in [1.82, 2.24) is 5.32 Å². The number of sulfonamides is 1. The van der Waals surface area contributed by atoms with Crippen LogP contribution in [0, 0.1) is 6.92 Å². The van der Waals surface area contributed by atoms with E-state index in [1.54, 1.807) is 54.6 Å². The lowest BCUT2D eigenvalue weighted by molar-refractivity contribution is -0.114. The predicted octanol–water partition coefficient (Wildman–Crippen LogP) is 4.39. The van der Waals surface area contributed by atoms with E-state index in [9.17, 15) is 18.0 Å². The van der Waals surface area contributed by atoms with E-state index in [1.807, 2.05) is 6.92 Å². The summed E-state index contributed by atoms with van der Waals surface area (Å²) in [7, 11) is -4.13. The van der Waals surface area contributed by atoms with Crippen LogP contribution in [0.4, 0.5) is 11.4 Å². The van der Waals surface area contributed by atoms with Gasteiger partial charge in [0, 0.05) is 13.2 Å². The Hall–Kier alpha value is -3.40. The highest BCUT2D eigenvalue weighted by atomic mass is 35.5. The normalized spacial score (nSPS) is 15.2. The first kappa shape index (κ1) is 26.7. The second-order valence-electron chi connectivity index (χ2n) is 8.71. The first-order valence-electron chi connectivity index (χ1n) is 11.9. The zero-order valence-electron chi connectivity index (χ0n) is 20.3. The minimum atomic E-state index is -4.13. The van der Waals surface area contributed by atoms with Gasteiger partial charge in [-0.25, -0.2) is 8.42 Å². The number of carbonyl (C=O) groups is 2. The van der Waals surface area contributed by atoms with Gasteiger partial charge in [-0.05, 0) is 56.2 Å². The molecule has 0 saturated carbocycles. The van der Waals surface area contributed by atoms with E-state index in [-0.39, 0.29) is 38.9 Å². The fourth-order valence-electron chi connectivity index (χ4n) is 4.01. The number of nitrogens with one attached hydrogen (secondary N) is 2. The summed E-state index contributed by atoms with van der Waals surface area (Å²) in [6.45, 7) is 2.35. The summed E-state index contributed by atoms with van der Waals surface area (Å²) in [4.78, 5) is 26.0. The van der Waals surface area contributed by atoms with Gasteiger partial charge < -0.3 is 15.4 Å². The Morgan fingerprint density at radius 3 is 2.43 bits per heavy atom. The second-order valence-corrected chi connectivity index (χ2v) is 11.0. The molecule has 0 aromatic heterocycles. The number of aryl methyl sites for hydroxylation is 1. The molecule has 3 aromatic carbocycles. The number of anilines is 2. The maximum atomic E-state index is 13.6. The molecule has 0 aliphatic carbocycles. The second kappa shape index (κ2) is 11.8. The van der Waals surface area contributed by atoms with Crippen molar-refractivity contribution in [3.63, 3.8) is 0 Å². The molecule has 0 spiro atoms. The molecule has 1 aliphatic heterocycles. The summed E-state index contributed by atoms with van der Waals surface area (Å²) >= 11 is 6.34. The number of rotatable bonds is 9. The Morgan fingerprint density at radius 1 is 1.03 bits per heavy atom. The number of amides is 2. The molecule has 0 unspecified atom stereocenters. The molecule has 4 rings (SSSR count). The minimum absolute atomic E-state index is 0.0261. The molecule has 0 radical (unpaired) electrons. The van der Waals surface area contributed by atoms with Crippen LogP contribution >= 0.6 is 11.6 Å². The molecular weight excluding hydrogens is 514 g/mol. The quantitative estimate of drug-likeness (QED) is 0.418. The van der Waals surface area contributed by atoms with E-state index in [2.05, 4.69) is 10.6 Å². The van der Waals surface area contributed by atoms with Gasteiger partial charge in [0.25, 0.3) is 15.9 Å². The smallest absolute Gasteiger partial charge is 0.264 e. The van der Waals surface area contributed by atoms with Gasteiger partial charge in [-0.3, -0.25) is 13.9 Å². The van der Waals surface area contributed by atoms with Crippen molar-refractivity contribution in [2.75, 3.05) is 29.3 Å². The number of ether oxygens (including phenoxy) is 1. The van der Waals surface area contributed by atoms with E-state index in [0.717, 1.165) is 22.7 Å². The molecule has 1 aliphatic rings. The lowest BCUT2D eigenvalue weighted by Crippen LogP contribution is -2.38. The van der Waals surface area contributed by atoms with Crippen LogP contribution in [0.25, 0.3) is 0 Å². The van der Waals surface area contributed by atoms with Gasteiger partial charge in [0.05, 0.1) is 33.0 Å². The predicted molar refractivity (Wildman–Crippen MR) is 144 cm³/mol. The Labute approximate surface area is 221 Å².